The third kappa shape index (κ3) is 4.14. The number of aromatic nitrogens is 1. The molecule has 2 aromatic heterocycles. The molecular weight excluding hydrogens is 300 g/mol. The highest BCUT2D eigenvalue weighted by Crippen LogP contribution is 2.28. The maximum atomic E-state index is 12.0. The Hall–Kier alpha value is -1.20. The summed E-state index contributed by atoms with van der Waals surface area (Å²) < 4.78 is 0. The van der Waals surface area contributed by atoms with Gasteiger partial charge >= 0.3 is 0 Å². The number of carbonyl (C=O) groups excluding carboxylic acids is 1. The Labute approximate surface area is 133 Å². The molecule has 0 saturated carbocycles. The zero-order chi connectivity index (χ0) is 14.5. The van der Waals surface area contributed by atoms with Crippen LogP contribution in [0, 0.1) is 0 Å². The number of fused-ring (bicyclic) bond motifs is 1. The minimum Gasteiger partial charge on any atom is -0.302 e. The Morgan fingerprint density at radius 3 is 2.90 bits per heavy atom. The molecular formula is C16H20N2OS2. The number of nitrogens with one attached hydrogen (secondary N) is 1. The van der Waals surface area contributed by atoms with E-state index in [1.165, 1.54) is 41.8 Å². The summed E-state index contributed by atoms with van der Waals surface area (Å²) in [5, 5.41) is 7.91. The van der Waals surface area contributed by atoms with Gasteiger partial charge in [0.05, 0.1) is 5.69 Å². The molecule has 0 aromatic carbocycles. The van der Waals surface area contributed by atoms with Crippen LogP contribution in [0.2, 0.25) is 0 Å². The Morgan fingerprint density at radius 2 is 2.10 bits per heavy atom. The fraction of sp³-hybridized carbons (Fsp3) is 0.500. The van der Waals surface area contributed by atoms with Gasteiger partial charge in [0.2, 0.25) is 5.91 Å². The number of nitrogens with zero attached hydrogens (tertiary/aromatic N) is 1. The summed E-state index contributed by atoms with van der Waals surface area (Å²) in [6.07, 6.45) is 8.62. The average molecular weight is 320 g/mol. The van der Waals surface area contributed by atoms with E-state index in [9.17, 15) is 4.79 Å². The number of rotatable bonds is 4. The van der Waals surface area contributed by atoms with Gasteiger partial charge in [0, 0.05) is 11.3 Å². The fourth-order valence-electron chi connectivity index (χ4n) is 2.63. The van der Waals surface area contributed by atoms with E-state index in [0.29, 0.717) is 6.42 Å². The van der Waals surface area contributed by atoms with E-state index in [1.54, 1.807) is 22.7 Å². The zero-order valence-corrected chi connectivity index (χ0v) is 13.7. The highest BCUT2D eigenvalue weighted by molar-refractivity contribution is 7.15. The lowest BCUT2D eigenvalue weighted by Crippen LogP contribution is -2.12. The molecule has 2 heterocycles. The van der Waals surface area contributed by atoms with E-state index >= 15 is 0 Å². The molecule has 1 amide bonds. The molecule has 0 fully saturated rings. The van der Waals surface area contributed by atoms with Crippen molar-refractivity contribution in [3.8, 4) is 0 Å². The number of thiazole rings is 1. The van der Waals surface area contributed by atoms with Crippen LogP contribution in [-0.4, -0.2) is 10.9 Å². The first-order valence-electron chi connectivity index (χ1n) is 7.61. The summed E-state index contributed by atoms with van der Waals surface area (Å²) in [4.78, 5) is 18.0. The third-order valence-electron chi connectivity index (χ3n) is 3.81. The summed E-state index contributed by atoms with van der Waals surface area (Å²) >= 11 is 3.34. The Bertz CT molecular complexity index is 564. The number of carbonyl (C=O) groups is 1. The van der Waals surface area contributed by atoms with Crippen molar-refractivity contribution in [1.29, 1.82) is 0 Å². The molecule has 2 aromatic rings. The molecule has 0 saturated heterocycles. The molecule has 0 aliphatic heterocycles. The maximum absolute atomic E-state index is 12.0. The van der Waals surface area contributed by atoms with Gasteiger partial charge in [-0.25, -0.2) is 4.98 Å². The van der Waals surface area contributed by atoms with Crippen LogP contribution in [0.1, 0.15) is 48.2 Å². The average Bonchev–Trinajstić information content (AvgIpc) is 3.07. The summed E-state index contributed by atoms with van der Waals surface area (Å²) in [6.45, 7) is 0. The van der Waals surface area contributed by atoms with Gasteiger partial charge in [-0.3, -0.25) is 4.79 Å². The topological polar surface area (TPSA) is 42.0 Å². The SMILES string of the molecule is O=C(CCc1ccsc1)Nc1nc2c(s1)CCCCCC2. The third-order valence-corrected chi connectivity index (χ3v) is 5.62. The number of anilines is 1. The smallest absolute Gasteiger partial charge is 0.226 e. The van der Waals surface area contributed by atoms with Crippen LogP contribution in [0.25, 0.3) is 0 Å². The van der Waals surface area contributed by atoms with E-state index in [4.69, 9.17) is 0 Å². The van der Waals surface area contributed by atoms with Gasteiger partial charge in [-0.2, -0.15) is 11.3 Å². The van der Waals surface area contributed by atoms with Crippen molar-refractivity contribution < 1.29 is 4.79 Å². The van der Waals surface area contributed by atoms with E-state index in [2.05, 4.69) is 21.7 Å². The van der Waals surface area contributed by atoms with Gasteiger partial charge in [0.1, 0.15) is 0 Å². The molecule has 1 aliphatic rings. The van der Waals surface area contributed by atoms with Crippen LogP contribution in [0.5, 0.6) is 0 Å². The van der Waals surface area contributed by atoms with Gasteiger partial charge < -0.3 is 5.32 Å². The van der Waals surface area contributed by atoms with Crippen LogP contribution in [0.15, 0.2) is 16.8 Å². The number of hydrogen-bond acceptors (Lipinski definition) is 4. The molecule has 0 atom stereocenters. The maximum Gasteiger partial charge on any atom is 0.226 e. The minimum atomic E-state index is 0.0721. The second kappa shape index (κ2) is 7.18. The molecule has 0 bridgehead atoms. The summed E-state index contributed by atoms with van der Waals surface area (Å²) in [5.74, 6) is 0.0721. The lowest BCUT2D eigenvalue weighted by Gasteiger charge is -2.06. The molecule has 21 heavy (non-hydrogen) atoms. The lowest BCUT2D eigenvalue weighted by molar-refractivity contribution is -0.116. The molecule has 0 unspecified atom stereocenters. The first kappa shape index (κ1) is 14.7. The first-order valence-corrected chi connectivity index (χ1v) is 9.37. The number of thiophene rings is 1. The number of amides is 1. The minimum absolute atomic E-state index is 0.0721. The molecule has 0 radical (unpaired) electrons. The largest absolute Gasteiger partial charge is 0.302 e. The highest BCUT2D eigenvalue weighted by atomic mass is 32.1. The second-order valence-corrected chi connectivity index (χ2v) is 7.35. The van der Waals surface area contributed by atoms with Gasteiger partial charge in [-0.15, -0.1) is 11.3 Å². The number of hydrogen-bond donors (Lipinski definition) is 1. The van der Waals surface area contributed by atoms with Crippen molar-refractivity contribution in [3.63, 3.8) is 0 Å². The monoisotopic (exact) mass is 320 g/mol. The quantitative estimate of drug-likeness (QED) is 0.905. The van der Waals surface area contributed by atoms with Crippen molar-refractivity contribution >= 4 is 33.7 Å². The standard InChI is InChI=1S/C16H20N2OS2/c19-15(8-7-12-9-10-20-11-12)18-16-17-13-5-3-1-2-4-6-14(13)21-16/h9-11H,1-8H2,(H,17,18,19). The van der Waals surface area contributed by atoms with Crippen molar-refractivity contribution in [2.75, 3.05) is 5.32 Å². The van der Waals surface area contributed by atoms with E-state index < -0.39 is 0 Å². The van der Waals surface area contributed by atoms with E-state index in [0.717, 1.165) is 24.4 Å². The molecule has 3 nitrogen and oxygen atoms in total. The normalized spacial score (nSPS) is 15.0. The summed E-state index contributed by atoms with van der Waals surface area (Å²) in [7, 11) is 0. The molecule has 5 heteroatoms. The molecule has 1 N–H and O–H groups in total. The van der Waals surface area contributed by atoms with Crippen LogP contribution < -0.4 is 5.32 Å². The Morgan fingerprint density at radius 1 is 1.24 bits per heavy atom. The highest BCUT2D eigenvalue weighted by Gasteiger charge is 2.14. The predicted molar refractivity (Wildman–Crippen MR) is 89.3 cm³/mol. The first-order chi connectivity index (χ1) is 10.3. The van der Waals surface area contributed by atoms with Gasteiger partial charge in [0.25, 0.3) is 0 Å². The molecule has 1 aliphatic carbocycles. The van der Waals surface area contributed by atoms with Crippen LogP contribution in [0.3, 0.4) is 0 Å². The zero-order valence-electron chi connectivity index (χ0n) is 12.1. The lowest BCUT2D eigenvalue weighted by atomic mass is 10.0. The van der Waals surface area contributed by atoms with Crippen LogP contribution in [0.4, 0.5) is 5.13 Å². The van der Waals surface area contributed by atoms with Crippen molar-refractivity contribution in [2.24, 2.45) is 0 Å². The summed E-state index contributed by atoms with van der Waals surface area (Å²) in [5.41, 5.74) is 2.45. The Kier molecular flexibility index (Phi) is 5.04. The fourth-order valence-corrected chi connectivity index (χ4v) is 4.40. The number of aryl methyl sites for hydroxylation is 3. The van der Waals surface area contributed by atoms with Crippen LogP contribution in [-0.2, 0) is 24.1 Å². The van der Waals surface area contributed by atoms with Crippen LogP contribution >= 0.6 is 22.7 Å². The molecule has 3 rings (SSSR count). The molecule has 112 valence electrons. The summed E-state index contributed by atoms with van der Waals surface area (Å²) in [6, 6.07) is 2.08. The van der Waals surface area contributed by atoms with E-state index in [1.807, 2.05) is 5.38 Å². The van der Waals surface area contributed by atoms with Crippen molar-refractivity contribution in [1.82, 2.24) is 4.98 Å². The predicted octanol–water partition coefficient (Wildman–Crippen LogP) is 4.43. The second-order valence-electron chi connectivity index (χ2n) is 5.48. The van der Waals surface area contributed by atoms with Crippen molar-refractivity contribution in [2.45, 2.75) is 51.4 Å². The van der Waals surface area contributed by atoms with Gasteiger partial charge in [-0.05, 0) is 54.5 Å². The van der Waals surface area contributed by atoms with Crippen molar-refractivity contribution in [3.05, 3.63) is 33.0 Å². The van der Waals surface area contributed by atoms with Gasteiger partial charge in [-0.1, -0.05) is 12.8 Å². The van der Waals surface area contributed by atoms with Gasteiger partial charge in [0.15, 0.2) is 5.13 Å². The molecule has 0 spiro atoms. The van der Waals surface area contributed by atoms with E-state index in [-0.39, 0.29) is 5.91 Å². The Balaban J connectivity index is 1.57.